The zero-order valence-corrected chi connectivity index (χ0v) is 11.7. The van der Waals surface area contributed by atoms with Gasteiger partial charge in [-0.3, -0.25) is 0 Å². The van der Waals surface area contributed by atoms with Crippen LogP contribution in [0.25, 0.3) is 22.6 Å². The van der Waals surface area contributed by atoms with Crippen LogP contribution in [0.4, 0.5) is 5.69 Å². The van der Waals surface area contributed by atoms with Crippen molar-refractivity contribution in [1.29, 1.82) is 0 Å². The van der Waals surface area contributed by atoms with Gasteiger partial charge in [-0.05, 0) is 24.3 Å². The van der Waals surface area contributed by atoms with Gasteiger partial charge in [-0.1, -0.05) is 34.8 Å². The van der Waals surface area contributed by atoms with Gasteiger partial charge in [0.15, 0.2) is 5.58 Å². The highest BCUT2D eigenvalue weighted by atomic mass is 35.5. The van der Waals surface area contributed by atoms with Crippen molar-refractivity contribution in [3.8, 4) is 11.5 Å². The normalized spacial score (nSPS) is 11.1. The monoisotopic (exact) mass is 312 g/mol. The van der Waals surface area contributed by atoms with E-state index in [1.807, 2.05) is 0 Å². The van der Waals surface area contributed by atoms with Gasteiger partial charge in [-0.15, -0.1) is 0 Å². The molecule has 0 bridgehead atoms. The summed E-state index contributed by atoms with van der Waals surface area (Å²) in [4.78, 5) is 4.34. The minimum absolute atomic E-state index is 0.401. The summed E-state index contributed by atoms with van der Waals surface area (Å²) in [6.45, 7) is 0. The lowest BCUT2D eigenvalue weighted by molar-refractivity contribution is 0.620. The molecule has 1 aromatic heterocycles. The molecule has 3 nitrogen and oxygen atoms in total. The molecule has 0 aliphatic heterocycles. The molecular weight excluding hydrogens is 307 g/mol. The Morgan fingerprint density at radius 2 is 1.79 bits per heavy atom. The van der Waals surface area contributed by atoms with E-state index in [0.717, 1.165) is 0 Å². The second-order valence-corrected chi connectivity index (χ2v) is 5.24. The van der Waals surface area contributed by atoms with Crippen molar-refractivity contribution in [3.05, 3.63) is 45.4 Å². The van der Waals surface area contributed by atoms with E-state index in [2.05, 4.69) is 4.98 Å². The SMILES string of the molecule is Nc1cc2oc(-c3ccc(Cl)cc3Cl)nc2cc1Cl. The number of nitrogens with two attached hydrogens (primary N) is 1. The number of hydrogen-bond acceptors (Lipinski definition) is 3. The van der Waals surface area contributed by atoms with Crippen LogP contribution in [0.3, 0.4) is 0 Å². The summed E-state index contributed by atoms with van der Waals surface area (Å²) in [5.41, 5.74) is 8.01. The molecule has 1 heterocycles. The predicted octanol–water partition coefficient (Wildman–Crippen LogP) is 5.04. The number of hydrogen-bond donors (Lipinski definition) is 1. The average molecular weight is 314 g/mol. The molecule has 0 fully saturated rings. The third kappa shape index (κ3) is 2.25. The lowest BCUT2D eigenvalue weighted by Gasteiger charge is -1.99. The summed E-state index contributed by atoms with van der Waals surface area (Å²) >= 11 is 17.9. The van der Waals surface area contributed by atoms with Crippen LogP contribution in [0, 0.1) is 0 Å². The Morgan fingerprint density at radius 1 is 1.00 bits per heavy atom. The van der Waals surface area contributed by atoms with Crippen LogP contribution in [-0.4, -0.2) is 4.98 Å². The number of nitrogens with zero attached hydrogens (tertiary/aromatic N) is 1. The number of halogens is 3. The van der Waals surface area contributed by atoms with Crippen LogP contribution in [-0.2, 0) is 0 Å². The lowest BCUT2D eigenvalue weighted by Crippen LogP contribution is -1.84. The Bertz CT molecular complexity index is 744. The number of benzene rings is 2. The van der Waals surface area contributed by atoms with E-state index >= 15 is 0 Å². The summed E-state index contributed by atoms with van der Waals surface area (Å²) < 4.78 is 5.63. The van der Waals surface area contributed by atoms with Gasteiger partial charge in [0.2, 0.25) is 5.89 Å². The summed E-state index contributed by atoms with van der Waals surface area (Å²) in [6.07, 6.45) is 0. The largest absolute Gasteiger partial charge is 0.436 e. The van der Waals surface area contributed by atoms with Crippen LogP contribution in [0.15, 0.2) is 34.7 Å². The second-order valence-electron chi connectivity index (χ2n) is 3.98. The molecule has 19 heavy (non-hydrogen) atoms. The van der Waals surface area contributed by atoms with Crippen LogP contribution < -0.4 is 5.73 Å². The van der Waals surface area contributed by atoms with E-state index < -0.39 is 0 Å². The fraction of sp³-hybridized carbons (Fsp3) is 0. The first kappa shape index (κ1) is 12.6. The molecule has 0 saturated heterocycles. The van der Waals surface area contributed by atoms with Crippen molar-refractivity contribution in [2.24, 2.45) is 0 Å². The molecule has 0 amide bonds. The van der Waals surface area contributed by atoms with Crippen LogP contribution >= 0.6 is 34.8 Å². The van der Waals surface area contributed by atoms with Crippen molar-refractivity contribution in [3.63, 3.8) is 0 Å². The first-order chi connectivity index (χ1) is 9.04. The topological polar surface area (TPSA) is 52.0 Å². The van der Waals surface area contributed by atoms with Gasteiger partial charge in [-0.25, -0.2) is 4.98 Å². The van der Waals surface area contributed by atoms with Crippen LogP contribution in [0.5, 0.6) is 0 Å². The highest BCUT2D eigenvalue weighted by Gasteiger charge is 2.13. The van der Waals surface area contributed by atoms with Gasteiger partial charge >= 0.3 is 0 Å². The molecule has 96 valence electrons. The summed E-state index contributed by atoms with van der Waals surface area (Å²) in [6, 6.07) is 8.40. The first-order valence-electron chi connectivity index (χ1n) is 5.35. The molecule has 2 N–H and O–H groups in total. The van der Waals surface area contributed by atoms with Gasteiger partial charge in [0.05, 0.1) is 21.3 Å². The minimum atomic E-state index is 0.401. The maximum Gasteiger partial charge on any atom is 0.228 e. The van der Waals surface area contributed by atoms with Crippen molar-refractivity contribution in [2.75, 3.05) is 5.73 Å². The number of oxazole rings is 1. The Balaban J connectivity index is 2.20. The van der Waals surface area contributed by atoms with Crippen molar-refractivity contribution in [1.82, 2.24) is 4.98 Å². The van der Waals surface area contributed by atoms with Crippen molar-refractivity contribution >= 4 is 51.6 Å². The summed E-state index contributed by atoms with van der Waals surface area (Å²) in [5, 5.41) is 1.46. The van der Waals surface area contributed by atoms with Gasteiger partial charge in [0.1, 0.15) is 5.52 Å². The standard InChI is InChI=1S/C13H7Cl3N2O/c14-6-1-2-7(8(15)3-6)13-18-11-4-9(16)10(17)5-12(11)19-13/h1-5H,17H2. The zero-order chi connectivity index (χ0) is 13.6. The molecular formula is C13H7Cl3N2O. The van der Waals surface area contributed by atoms with Gasteiger partial charge in [-0.2, -0.15) is 0 Å². The van der Waals surface area contributed by atoms with Crippen molar-refractivity contribution in [2.45, 2.75) is 0 Å². The second kappa shape index (κ2) is 4.60. The Hall–Kier alpha value is -1.42. The van der Waals surface area contributed by atoms with Gasteiger partial charge in [0, 0.05) is 11.1 Å². The summed E-state index contributed by atoms with van der Waals surface area (Å²) in [5.74, 6) is 0.401. The van der Waals surface area contributed by atoms with E-state index in [1.54, 1.807) is 30.3 Å². The Labute approximate surface area is 123 Å². The molecule has 0 aliphatic rings. The molecule has 0 atom stereocenters. The summed E-state index contributed by atoms with van der Waals surface area (Å²) in [7, 11) is 0. The quantitative estimate of drug-likeness (QED) is 0.640. The highest BCUT2D eigenvalue weighted by Crippen LogP contribution is 2.33. The molecule has 0 radical (unpaired) electrons. The van der Waals surface area contributed by atoms with Crippen molar-refractivity contribution < 1.29 is 4.42 Å². The molecule has 0 unspecified atom stereocenters. The number of rotatable bonds is 1. The number of aromatic nitrogens is 1. The number of nitrogen functional groups attached to an aromatic ring is 1. The Morgan fingerprint density at radius 3 is 2.53 bits per heavy atom. The highest BCUT2D eigenvalue weighted by molar-refractivity contribution is 6.36. The fourth-order valence-electron chi connectivity index (χ4n) is 1.74. The molecule has 6 heteroatoms. The molecule has 3 aromatic rings. The zero-order valence-electron chi connectivity index (χ0n) is 9.45. The number of fused-ring (bicyclic) bond motifs is 1. The Kier molecular flexibility index (Phi) is 3.05. The smallest absolute Gasteiger partial charge is 0.228 e. The third-order valence-corrected chi connectivity index (χ3v) is 3.54. The van der Waals surface area contributed by atoms with E-state index in [1.165, 1.54) is 0 Å². The lowest BCUT2D eigenvalue weighted by atomic mass is 10.2. The van der Waals surface area contributed by atoms with E-state index in [0.29, 0.717) is 43.3 Å². The maximum absolute atomic E-state index is 6.12. The minimum Gasteiger partial charge on any atom is -0.436 e. The number of anilines is 1. The van der Waals surface area contributed by atoms with Crippen LogP contribution in [0.1, 0.15) is 0 Å². The van der Waals surface area contributed by atoms with E-state index in [-0.39, 0.29) is 0 Å². The average Bonchev–Trinajstić information content (AvgIpc) is 2.72. The molecule has 0 aliphatic carbocycles. The van der Waals surface area contributed by atoms with Gasteiger partial charge < -0.3 is 10.2 Å². The fourth-order valence-corrected chi connectivity index (χ4v) is 2.39. The predicted molar refractivity (Wildman–Crippen MR) is 78.9 cm³/mol. The molecule has 0 saturated carbocycles. The van der Waals surface area contributed by atoms with Crippen LogP contribution in [0.2, 0.25) is 15.1 Å². The maximum atomic E-state index is 6.12. The third-order valence-electron chi connectivity index (χ3n) is 2.67. The molecule has 2 aromatic carbocycles. The van der Waals surface area contributed by atoms with E-state index in [4.69, 9.17) is 45.0 Å². The molecule has 0 spiro atoms. The molecule has 3 rings (SSSR count). The van der Waals surface area contributed by atoms with Gasteiger partial charge in [0.25, 0.3) is 0 Å². The first-order valence-corrected chi connectivity index (χ1v) is 6.49. The van der Waals surface area contributed by atoms with E-state index in [9.17, 15) is 0 Å².